The third-order valence-electron chi connectivity index (χ3n) is 4.30. The lowest BCUT2D eigenvalue weighted by Gasteiger charge is -2.30. The predicted molar refractivity (Wildman–Crippen MR) is 71.2 cm³/mol. The lowest BCUT2D eigenvalue weighted by molar-refractivity contribution is 0.0518. The van der Waals surface area contributed by atoms with E-state index in [0.717, 1.165) is 28.6 Å². The van der Waals surface area contributed by atoms with Crippen LogP contribution < -0.4 is 5.73 Å². The molecule has 1 aliphatic carbocycles. The van der Waals surface area contributed by atoms with Crippen LogP contribution in [0, 0.1) is 0 Å². The Morgan fingerprint density at radius 3 is 2.74 bits per heavy atom. The van der Waals surface area contributed by atoms with Crippen molar-refractivity contribution in [2.75, 3.05) is 13.2 Å². The summed E-state index contributed by atoms with van der Waals surface area (Å²) < 4.78 is 7.30. The van der Waals surface area contributed by atoms with E-state index in [4.69, 9.17) is 15.6 Å². The maximum absolute atomic E-state index is 6.48. The van der Waals surface area contributed by atoms with Gasteiger partial charge in [0.2, 0.25) is 4.96 Å². The van der Waals surface area contributed by atoms with Crippen molar-refractivity contribution in [3.63, 3.8) is 0 Å². The molecule has 0 spiro atoms. The Labute approximate surface area is 115 Å². The molecule has 7 heteroatoms. The topological polar surface area (TPSA) is 78.3 Å². The predicted octanol–water partition coefficient (Wildman–Crippen LogP) is 1.42. The van der Waals surface area contributed by atoms with Gasteiger partial charge in [-0.3, -0.25) is 0 Å². The van der Waals surface area contributed by atoms with Crippen LogP contribution in [0.5, 0.6) is 0 Å². The van der Waals surface area contributed by atoms with Gasteiger partial charge in [0.1, 0.15) is 5.01 Å². The first-order chi connectivity index (χ1) is 9.26. The zero-order chi connectivity index (χ0) is 12.9. The van der Waals surface area contributed by atoms with Gasteiger partial charge in [-0.1, -0.05) is 17.8 Å². The molecule has 0 aromatic carbocycles. The molecule has 2 aromatic rings. The number of nitrogens with two attached hydrogens (primary N) is 1. The molecular weight excluding hydrogens is 262 g/mol. The highest BCUT2D eigenvalue weighted by Crippen LogP contribution is 2.37. The maximum atomic E-state index is 6.48. The van der Waals surface area contributed by atoms with Gasteiger partial charge >= 0.3 is 0 Å². The van der Waals surface area contributed by atoms with Gasteiger partial charge in [-0.25, -0.2) is 0 Å². The first kappa shape index (κ1) is 11.7. The SMILES string of the molecule is NC1(c2nn3c(C4CCC4)nnc3s2)CCOCC1. The third-order valence-corrected chi connectivity index (χ3v) is 5.41. The van der Waals surface area contributed by atoms with Crippen LogP contribution in [0.1, 0.15) is 48.9 Å². The average Bonchev–Trinajstić information content (AvgIpc) is 2.90. The van der Waals surface area contributed by atoms with E-state index in [-0.39, 0.29) is 5.54 Å². The minimum atomic E-state index is -0.347. The van der Waals surface area contributed by atoms with Crippen molar-refractivity contribution in [2.45, 2.75) is 43.6 Å². The maximum Gasteiger partial charge on any atom is 0.234 e. The van der Waals surface area contributed by atoms with Crippen molar-refractivity contribution >= 4 is 16.3 Å². The molecule has 1 saturated heterocycles. The number of ether oxygens (including phenoxy) is 1. The summed E-state index contributed by atoms with van der Waals surface area (Å²) in [6, 6.07) is 0. The van der Waals surface area contributed by atoms with Crippen LogP contribution >= 0.6 is 11.3 Å². The van der Waals surface area contributed by atoms with Crippen molar-refractivity contribution in [1.29, 1.82) is 0 Å². The molecule has 0 amide bonds. The second kappa shape index (κ2) is 4.22. The zero-order valence-corrected chi connectivity index (χ0v) is 11.5. The lowest BCUT2D eigenvalue weighted by atomic mass is 9.85. The van der Waals surface area contributed by atoms with Gasteiger partial charge in [0.15, 0.2) is 5.82 Å². The summed E-state index contributed by atoms with van der Waals surface area (Å²) in [5.74, 6) is 1.55. The number of fused-ring (bicyclic) bond motifs is 1. The fourth-order valence-corrected chi connectivity index (χ4v) is 3.71. The fourth-order valence-electron chi connectivity index (χ4n) is 2.70. The van der Waals surface area contributed by atoms with E-state index in [2.05, 4.69) is 10.2 Å². The quantitative estimate of drug-likeness (QED) is 0.899. The van der Waals surface area contributed by atoms with E-state index in [1.807, 2.05) is 4.52 Å². The summed E-state index contributed by atoms with van der Waals surface area (Å²) in [7, 11) is 0. The molecule has 3 heterocycles. The van der Waals surface area contributed by atoms with Crippen LogP contribution in [-0.4, -0.2) is 33.0 Å². The smallest absolute Gasteiger partial charge is 0.234 e. The normalized spacial score (nSPS) is 23.6. The third kappa shape index (κ3) is 1.79. The van der Waals surface area contributed by atoms with Crippen LogP contribution in [0.4, 0.5) is 0 Å². The molecule has 2 N–H and O–H groups in total. The van der Waals surface area contributed by atoms with Crippen molar-refractivity contribution in [2.24, 2.45) is 5.73 Å². The summed E-state index contributed by atoms with van der Waals surface area (Å²) in [6.45, 7) is 1.43. The number of hydrogen-bond acceptors (Lipinski definition) is 6. The highest BCUT2D eigenvalue weighted by molar-refractivity contribution is 7.16. The van der Waals surface area contributed by atoms with E-state index >= 15 is 0 Å². The van der Waals surface area contributed by atoms with Crippen molar-refractivity contribution in [1.82, 2.24) is 19.8 Å². The Bertz CT molecular complexity index is 596. The second-order valence-corrected chi connectivity index (χ2v) is 6.51. The van der Waals surface area contributed by atoms with Gasteiger partial charge in [0.05, 0.1) is 5.54 Å². The molecule has 1 saturated carbocycles. The molecule has 2 aromatic heterocycles. The molecule has 0 unspecified atom stereocenters. The van der Waals surface area contributed by atoms with Crippen LogP contribution in [0.15, 0.2) is 0 Å². The Hall–Kier alpha value is -1.05. The molecule has 0 bridgehead atoms. The Morgan fingerprint density at radius 2 is 2.05 bits per heavy atom. The van der Waals surface area contributed by atoms with Gasteiger partial charge in [0.25, 0.3) is 0 Å². The van der Waals surface area contributed by atoms with Crippen molar-refractivity contribution in [3.05, 3.63) is 10.8 Å². The van der Waals surface area contributed by atoms with E-state index < -0.39 is 0 Å². The monoisotopic (exact) mass is 279 g/mol. The average molecular weight is 279 g/mol. The number of aromatic nitrogens is 4. The molecule has 19 heavy (non-hydrogen) atoms. The van der Waals surface area contributed by atoms with E-state index in [9.17, 15) is 0 Å². The fraction of sp³-hybridized carbons (Fsp3) is 0.750. The van der Waals surface area contributed by atoms with E-state index in [1.54, 1.807) is 11.3 Å². The van der Waals surface area contributed by atoms with Crippen molar-refractivity contribution < 1.29 is 4.74 Å². The van der Waals surface area contributed by atoms with E-state index in [1.165, 1.54) is 19.3 Å². The van der Waals surface area contributed by atoms with Gasteiger partial charge in [-0.2, -0.15) is 9.61 Å². The summed E-state index contributed by atoms with van der Waals surface area (Å²) >= 11 is 1.57. The highest BCUT2D eigenvalue weighted by atomic mass is 32.1. The summed E-state index contributed by atoms with van der Waals surface area (Å²) in [5, 5.41) is 14.2. The zero-order valence-electron chi connectivity index (χ0n) is 10.7. The number of nitrogens with zero attached hydrogens (tertiary/aromatic N) is 4. The molecule has 0 radical (unpaired) electrons. The van der Waals surface area contributed by atoms with Gasteiger partial charge in [0, 0.05) is 19.1 Å². The van der Waals surface area contributed by atoms with Crippen LogP contribution in [0.25, 0.3) is 4.96 Å². The molecule has 4 rings (SSSR count). The minimum Gasteiger partial charge on any atom is -0.381 e. The van der Waals surface area contributed by atoms with Crippen LogP contribution in [0.2, 0.25) is 0 Å². The summed E-state index contributed by atoms with van der Waals surface area (Å²) in [5.41, 5.74) is 6.14. The van der Waals surface area contributed by atoms with Gasteiger partial charge in [-0.05, 0) is 25.7 Å². The van der Waals surface area contributed by atoms with Crippen LogP contribution in [0.3, 0.4) is 0 Å². The number of hydrogen-bond donors (Lipinski definition) is 1. The second-order valence-electron chi connectivity index (χ2n) is 5.56. The van der Waals surface area contributed by atoms with E-state index in [0.29, 0.717) is 19.1 Å². The molecule has 1 aliphatic heterocycles. The lowest BCUT2D eigenvalue weighted by Crippen LogP contribution is -2.42. The van der Waals surface area contributed by atoms with Gasteiger partial charge < -0.3 is 10.5 Å². The molecular formula is C12H17N5OS. The first-order valence-corrected chi connectivity index (χ1v) is 7.67. The summed E-state index contributed by atoms with van der Waals surface area (Å²) in [4.78, 5) is 0.869. The first-order valence-electron chi connectivity index (χ1n) is 6.85. The largest absolute Gasteiger partial charge is 0.381 e. The molecule has 6 nitrogen and oxygen atoms in total. The molecule has 2 aliphatic rings. The van der Waals surface area contributed by atoms with Gasteiger partial charge in [-0.15, -0.1) is 10.2 Å². The van der Waals surface area contributed by atoms with Crippen LogP contribution in [-0.2, 0) is 10.3 Å². The Morgan fingerprint density at radius 1 is 1.26 bits per heavy atom. The molecule has 102 valence electrons. The minimum absolute atomic E-state index is 0.347. The molecule has 0 atom stereocenters. The Balaban J connectivity index is 1.73. The number of rotatable bonds is 2. The highest BCUT2D eigenvalue weighted by Gasteiger charge is 2.35. The molecule has 2 fully saturated rings. The Kier molecular flexibility index (Phi) is 2.61. The van der Waals surface area contributed by atoms with Crippen molar-refractivity contribution in [3.8, 4) is 0 Å². The summed E-state index contributed by atoms with van der Waals surface area (Å²) in [6.07, 6.45) is 5.35. The standard InChI is InChI=1S/C12H17N5OS/c13-12(4-6-18-7-5-12)10-16-17-9(8-2-1-3-8)14-15-11(17)19-10/h8H,1-7,13H2.